The summed E-state index contributed by atoms with van der Waals surface area (Å²) in [6.45, 7) is 0.0817. The number of rotatable bonds is 8. The summed E-state index contributed by atoms with van der Waals surface area (Å²) in [6, 6.07) is 13.0. The van der Waals surface area contributed by atoms with Crippen LogP contribution in [0.3, 0.4) is 0 Å². The van der Waals surface area contributed by atoms with Crippen molar-refractivity contribution in [3.8, 4) is 0 Å². The first-order valence-electron chi connectivity index (χ1n) is 7.64. The second kappa shape index (κ2) is 8.72. The maximum Gasteiger partial charge on any atom is 0.131 e. The smallest absolute Gasteiger partial charge is 0.131 e. The van der Waals surface area contributed by atoms with Crippen LogP contribution < -0.4 is 5.32 Å². The lowest BCUT2D eigenvalue weighted by Crippen LogP contribution is -2.27. The van der Waals surface area contributed by atoms with Gasteiger partial charge in [-0.1, -0.05) is 36.4 Å². The van der Waals surface area contributed by atoms with Gasteiger partial charge in [0.25, 0.3) is 0 Å². The molecule has 0 aromatic heterocycles. The van der Waals surface area contributed by atoms with Gasteiger partial charge < -0.3 is 15.5 Å². The van der Waals surface area contributed by atoms with Crippen LogP contribution in [-0.4, -0.2) is 23.4 Å². The van der Waals surface area contributed by atoms with Gasteiger partial charge in [-0.3, -0.25) is 0 Å². The summed E-state index contributed by atoms with van der Waals surface area (Å²) >= 11 is 0. The average Bonchev–Trinajstić information content (AvgIpc) is 2.55. The van der Waals surface area contributed by atoms with E-state index in [1.807, 2.05) is 30.3 Å². The highest BCUT2D eigenvalue weighted by atomic mass is 19.1. The molecule has 3 N–H and O–H groups in total. The maximum atomic E-state index is 13.7. The Labute approximate surface area is 134 Å². The highest BCUT2D eigenvalue weighted by Gasteiger charge is 2.19. The molecule has 0 radical (unpaired) electrons. The predicted octanol–water partition coefficient (Wildman–Crippen LogP) is 3.10. The molecule has 2 aromatic rings. The highest BCUT2D eigenvalue weighted by Crippen LogP contribution is 2.23. The van der Waals surface area contributed by atoms with Gasteiger partial charge in [-0.2, -0.15) is 0 Å². The number of aliphatic hydroxyl groups excluding tert-OH is 2. The van der Waals surface area contributed by atoms with Crippen molar-refractivity contribution >= 4 is 0 Å². The molecule has 0 spiro atoms. The Bertz CT molecular complexity index is 587. The first-order valence-corrected chi connectivity index (χ1v) is 7.64. The van der Waals surface area contributed by atoms with Crippen LogP contribution in [0.2, 0.25) is 0 Å². The first kappa shape index (κ1) is 17.5. The summed E-state index contributed by atoms with van der Waals surface area (Å²) in [5, 5.41) is 22.3. The minimum absolute atomic E-state index is 0.0167. The molecule has 0 heterocycles. The van der Waals surface area contributed by atoms with E-state index in [-0.39, 0.29) is 24.8 Å². The van der Waals surface area contributed by atoms with Gasteiger partial charge in [0.1, 0.15) is 11.6 Å². The fraction of sp³-hybridized carbons (Fsp3) is 0.333. The average molecular weight is 321 g/mol. The molecule has 23 heavy (non-hydrogen) atoms. The van der Waals surface area contributed by atoms with Gasteiger partial charge in [-0.05, 0) is 30.5 Å². The lowest BCUT2D eigenvalue weighted by atomic mass is 10.0. The van der Waals surface area contributed by atoms with Gasteiger partial charge in [-0.15, -0.1) is 0 Å². The van der Waals surface area contributed by atoms with Gasteiger partial charge >= 0.3 is 0 Å². The third-order valence-corrected chi connectivity index (χ3v) is 3.74. The number of nitrogens with one attached hydrogen (secondary N) is 1. The molecule has 0 aliphatic carbocycles. The van der Waals surface area contributed by atoms with E-state index in [0.717, 1.165) is 17.7 Å². The molecule has 0 bridgehead atoms. The Hall–Kier alpha value is -1.82. The molecule has 0 amide bonds. The van der Waals surface area contributed by atoms with Gasteiger partial charge in [-0.25, -0.2) is 8.78 Å². The van der Waals surface area contributed by atoms with E-state index in [4.69, 9.17) is 5.11 Å². The second-order valence-electron chi connectivity index (χ2n) is 5.39. The third kappa shape index (κ3) is 4.82. The molecule has 2 atom stereocenters. The highest BCUT2D eigenvalue weighted by molar-refractivity contribution is 5.23. The van der Waals surface area contributed by atoms with E-state index in [0.29, 0.717) is 12.8 Å². The Morgan fingerprint density at radius 2 is 1.61 bits per heavy atom. The van der Waals surface area contributed by atoms with Crippen molar-refractivity contribution in [2.45, 2.75) is 25.0 Å². The Morgan fingerprint density at radius 3 is 2.22 bits per heavy atom. The first-order chi connectivity index (χ1) is 11.1. The van der Waals surface area contributed by atoms with Gasteiger partial charge in [0, 0.05) is 19.2 Å². The quantitative estimate of drug-likeness (QED) is 0.700. The minimum atomic E-state index is -1.28. The van der Waals surface area contributed by atoms with Crippen LogP contribution in [0.4, 0.5) is 8.78 Å². The molecule has 2 rings (SSSR count). The number of hydrogen-bond acceptors (Lipinski definition) is 3. The molecule has 5 heteroatoms. The largest absolute Gasteiger partial charge is 0.396 e. The predicted molar refractivity (Wildman–Crippen MR) is 84.8 cm³/mol. The van der Waals surface area contributed by atoms with E-state index in [9.17, 15) is 13.9 Å². The lowest BCUT2D eigenvalue weighted by Gasteiger charge is -2.21. The topological polar surface area (TPSA) is 52.5 Å². The van der Waals surface area contributed by atoms with Crippen molar-refractivity contribution in [1.82, 2.24) is 5.32 Å². The van der Waals surface area contributed by atoms with Crippen LogP contribution in [0, 0.1) is 11.6 Å². The summed E-state index contributed by atoms with van der Waals surface area (Å²) in [5.74, 6) is -1.52. The van der Waals surface area contributed by atoms with Crippen LogP contribution in [0.25, 0.3) is 0 Å². The maximum absolute atomic E-state index is 13.7. The van der Waals surface area contributed by atoms with Gasteiger partial charge in [0.15, 0.2) is 0 Å². The van der Waals surface area contributed by atoms with Gasteiger partial charge in [0.05, 0.1) is 11.7 Å². The second-order valence-corrected chi connectivity index (χ2v) is 5.39. The van der Waals surface area contributed by atoms with Crippen molar-refractivity contribution < 1.29 is 19.0 Å². The van der Waals surface area contributed by atoms with Crippen LogP contribution in [0.1, 0.15) is 36.1 Å². The minimum Gasteiger partial charge on any atom is -0.396 e. The Balaban J connectivity index is 2.06. The summed E-state index contributed by atoms with van der Waals surface area (Å²) < 4.78 is 27.4. The normalized spacial score (nSPS) is 13.7. The molecule has 3 nitrogen and oxygen atoms in total. The number of hydrogen-bond donors (Lipinski definition) is 3. The molecule has 0 aliphatic heterocycles. The van der Waals surface area contributed by atoms with Crippen molar-refractivity contribution in [2.75, 3.05) is 13.2 Å². The standard InChI is InChI=1S/C18H21F2NO2/c19-14-8-4-9-15(20)18(14)17(23)12-21-16(10-5-11-22)13-6-2-1-3-7-13/h1-4,6-9,16-17,21-23H,5,10-12H2. The van der Waals surface area contributed by atoms with E-state index in [1.54, 1.807) is 0 Å². The zero-order chi connectivity index (χ0) is 16.7. The molecule has 0 saturated carbocycles. The number of halogens is 2. The zero-order valence-corrected chi connectivity index (χ0v) is 12.8. The molecule has 0 aliphatic rings. The van der Waals surface area contributed by atoms with E-state index in [2.05, 4.69) is 5.32 Å². The molecule has 2 aromatic carbocycles. The SMILES string of the molecule is OCCCC(NCC(O)c1c(F)cccc1F)c1ccccc1. The molecule has 124 valence electrons. The lowest BCUT2D eigenvalue weighted by molar-refractivity contribution is 0.158. The Morgan fingerprint density at radius 1 is 0.957 bits per heavy atom. The number of aliphatic hydroxyl groups is 2. The van der Waals surface area contributed by atoms with Crippen molar-refractivity contribution in [2.24, 2.45) is 0 Å². The number of benzene rings is 2. The van der Waals surface area contributed by atoms with Crippen LogP contribution >= 0.6 is 0 Å². The zero-order valence-electron chi connectivity index (χ0n) is 12.8. The summed E-state index contributed by atoms with van der Waals surface area (Å²) in [4.78, 5) is 0. The summed E-state index contributed by atoms with van der Waals surface area (Å²) in [5.41, 5.74) is 0.677. The van der Waals surface area contributed by atoms with Crippen molar-refractivity contribution in [1.29, 1.82) is 0 Å². The molecular formula is C18H21F2NO2. The van der Waals surface area contributed by atoms with E-state index < -0.39 is 17.7 Å². The summed E-state index contributed by atoms with van der Waals surface area (Å²) in [7, 11) is 0. The van der Waals surface area contributed by atoms with E-state index >= 15 is 0 Å². The van der Waals surface area contributed by atoms with Crippen LogP contribution in [0.5, 0.6) is 0 Å². The molecule has 0 fully saturated rings. The van der Waals surface area contributed by atoms with Crippen molar-refractivity contribution in [3.63, 3.8) is 0 Å². The third-order valence-electron chi connectivity index (χ3n) is 3.74. The fourth-order valence-electron chi connectivity index (χ4n) is 2.55. The van der Waals surface area contributed by atoms with Crippen LogP contribution in [0.15, 0.2) is 48.5 Å². The molecule has 0 saturated heterocycles. The summed E-state index contributed by atoms with van der Waals surface area (Å²) in [6.07, 6.45) is -0.0273. The molecule has 2 unspecified atom stereocenters. The van der Waals surface area contributed by atoms with Crippen LogP contribution in [-0.2, 0) is 0 Å². The monoisotopic (exact) mass is 321 g/mol. The fourth-order valence-corrected chi connectivity index (χ4v) is 2.55. The van der Waals surface area contributed by atoms with E-state index in [1.165, 1.54) is 6.07 Å². The molecular weight excluding hydrogens is 300 g/mol. The van der Waals surface area contributed by atoms with Crippen molar-refractivity contribution in [3.05, 3.63) is 71.3 Å². The Kier molecular flexibility index (Phi) is 6.65. The van der Waals surface area contributed by atoms with Gasteiger partial charge in [0.2, 0.25) is 0 Å².